The van der Waals surface area contributed by atoms with Gasteiger partial charge in [0, 0.05) is 44.8 Å². The zero-order valence-corrected chi connectivity index (χ0v) is 11.1. The molecule has 2 aliphatic heterocycles. The smallest absolute Gasteiger partial charge is 0.0594 e. The van der Waals surface area contributed by atoms with Gasteiger partial charge in [0.25, 0.3) is 0 Å². The van der Waals surface area contributed by atoms with E-state index in [1.807, 2.05) is 0 Å². The Balaban J connectivity index is 1.78. The molecule has 2 rings (SSSR count). The highest BCUT2D eigenvalue weighted by molar-refractivity contribution is 4.83. The van der Waals surface area contributed by atoms with E-state index < -0.39 is 0 Å². The topological polar surface area (TPSA) is 41.7 Å². The van der Waals surface area contributed by atoms with Crippen LogP contribution in [0.15, 0.2) is 0 Å². The number of piperidine rings is 1. The van der Waals surface area contributed by atoms with Gasteiger partial charge in [-0.1, -0.05) is 6.42 Å². The largest absolute Gasteiger partial charge is 0.379 e. The molecular formula is C13H27N3O. The average Bonchev–Trinajstić information content (AvgIpc) is 2.38. The number of hydrogen-bond donors (Lipinski definition) is 1. The molecule has 2 heterocycles. The second-order valence-electron chi connectivity index (χ2n) is 5.36. The number of likely N-dealkylation sites (tertiary alicyclic amines) is 1. The van der Waals surface area contributed by atoms with Crippen LogP contribution < -0.4 is 5.73 Å². The summed E-state index contributed by atoms with van der Waals surface area (Å²) in [6.45, 7) is 9.48. The van der Waals surface area contributed by atoms with Gasteiger partial charge in [0.2, 0.25) is 0 Å². The van der Waals surface area contributed by atoms with Gasteiger partial charge in [-0.3, -0.25) is 9.80 Å². The molecule has 0 aromatic carbocycles. The maximum atomic E-state index is 5.89. The third-order valence-electron chi connectivity index (χ3n) is 4.24. The Hall–Kier alpha value is -0.160. The van der Waals surface area contributed by atoms with E-state index in [4.69, 9.17) is 10.5 Å². The SMILES string of the molecule is CC1CCCC(CN)N1CCN1CCOCC1. The van der Waals surface area contributed by atoms with E-state index in [9.17, 15) is 0 Å². The lowest BCUT2D eigenvalue weighted by Crippen LogP contribution is -2.52. The van der Waals surface area contributed by atoms with Gasteiger partial charge in [0.15, 0.2) is 0 Å². The van der Waals surface area contributed by atoms with Crippen molar-refractivity contribution in [3.05, 3.63) is 0 Å². The van der Waals surface area contributed by atoms with Crippen LogP contribution in [0.25, 0.3) is 0 Å². The van der Waals surface area contributed by atoms with Crippen molar-refractivity contribution < 1.29 is 4.74 Å². The first-order chi connectivity index (χ1) is 8.31. The van der Waals surface area contributed by atoms with E-state index in [1.54, 1.807) is 0 Å². The molecule has 4 nitrogen and oxygen atoms in total. The predicted octanol–water partition coefficient (Wildman–Crippen LogP) is 0.520. The number of rotatable bonds is 4. The monoisotopic (exact) mass is 241 g/mol. The molecule has 0 amide bonds. The first-order valence-electron chi connectivity index (χ1n) is 7.07. The van der Waals surface area contributed by atoms with E-state index >= 15 is 0 Å². The molecule has 4 heteroatoms. The van der Waals surface area contributed by atoms with Crippen molar-refractivity contribution in [3.8, 4) is 0 Å². The van der Waals surface area contributed by atoms with Crippen LogP contribution in [0.3, 0.4) is 0 Å². The minimum Gasteiger partial charge on any atom is -0.379 e. The lowest BCUT2D eigenvalue weighted by atomic mass is 9.96. The van der Waals surface area contributed by atoms with Gasteiger partial charge in [-0.05, 0) is 19.8 Å². The molecule has 2 unspecified atom stereocenters. The zero-order chi connectivity index (χ0) is 12.1. The Kier molecular flexibility index (Phi) is 5.22. The number of morpholine rings is 1. The lowest BCUT2D eigenvalue weighted by Gasteiger charge is -2.41. The minimum atomic E-state index is 0.611. The summed E-state index contributed by atoms with van der Waals surface area (Å²) in [7, 11) is 0. The van der Waals surface area contributed by atoms with Crippen molar-refractivity contribution in [2.45, 2.75) is 38.3 Å². The molecule has 0 radical (unpaired) electrons. The summed E-state index contributed by atoms with van der Waals surface area (Å²) < 4.78 is 5.38. The van der Waals surface area contributed by atoms with E-state index in [1.165, 1.54) is 32.4 Å². The van der Waals surface area contributed by atoms with Crippen molar-refractivity contribution in [3.63, 3.8) is 0 Å². The summed E-state index contributed by atoms with van der Waals surface area (Å²) in [6.07, 6.45) is 3.96. The van der Waals surface area contributed by atoms with Gasteiger partial charge < -0.3 is 10.5 Å². The predicted molar refractivity (Wildman–Crippen MR) is 70.1 cm³/mol. The Morgan fingerprint density at radius 1 is 1.18 bits per heavy atom. The first kappa shape index (κ1) is 13.3. The third kappa shape index (κ3) is 3.65. The van der Waals surface area contributed by atoms with Gasteiger partial charge in [-0.25, -0.2) is 0 Å². The van der Waals surface area contributed by atoms with Gasteiger partial charge in [0.05, 0.1) is 13.2 Å². The first-order valence-corrected chi connectivity index (χ1v) is 7.07. The van der Waals surface area contributed by atoms with Crippen LogP contribution in [-0.2, 0) is 4.74 Å². The van der Waals surface area contributed by atoms with Crippen molar-refractivity contribution in [1.29, 1.82) is 0 Å². The Morgan fingerprint density at radius 2 is 1.94 bits per heavy atom. The molecule has 2 atom stereocenters. The minimum absolute atomic E-state index is 0.611. The van der Waals surface area contributed by atoms with E-state index in [0.717, 1.165) is 32.8 Å². The molecule has 2 fully saturated rings. The second kappa shape index (κ2) is 6.69. The van der Waals surface area contributed by atoms with Gasteiger partial charge in [-0.2, -0.15) is 0 Å². The Labute approximate surface area is 105 Å². The fourth-order valence-electron chi connectivity index (χ4n) is 3.08. The van der Waals surface area contributed by atoms with Crippen LogP contribution in [0, 0.1) is 0 Å². The Morgan fingerprint density at radius 3 is 2.65 bits per heavy atom. The molecule has 17 heavy (non-hydrogen) atoms. The second-order valence-corrected chi connectivity index (χ2v) is 5.36. The third-order valence-corrected chi connectivity index (χ3v) is 4.24. The van der Waals surface area contributed by atoms with Crippen LogP contribution >= 0.6 is 0 Å². The van der Waals surface area contributed by atoms with Gasteiger partial charge in [0.1, 0.15) is 0 Å². The molecule has 2 aliphatic rings. The van der Waals surface area contributed by atoms with Gasteiger partial charge in [-0.15, -0.1) is 0 Å². The quantitative estimate of drug-likeness (QED) is 0.779. The normalized spacial score (nSPS) is 32.8. The van der Waals surface area contributed by atoms with E-state index in [2.05, 4.69) is 16.7 Å². The molecule has 0 bridgehead atoms. The van der Waals surface area contributed by atoms with Crippen molar-refractivity contribution in [2.75, 3.05) is 45.9 Å². The number of nitrogens with two attached hydrogens (primary N) is 1. The maximum absolute atomic E-state index is 5.89. The molecule has 100 valence electrons. The standard InChI is InChI=1S/C13H27N3O/c1-12-3-2-4-13(11-14)16(12)6-5-15-7-9-17-10-8-15/h12-13H,2-11,14H2,1H3. The summed E-state index contributed by atoms with van der Waals surface area (Å²) in [5.41, 5.74) is 5.89. The number of hydrogen-bond acceptors (Lipinski definition) is 4. The molecule has 0 aromatic heterocycles. The number of nitrogens with zero attached hydrogens (tertiary/aromatic N) is 2. The highest BCUT2D eigenvalue weighted by atomic mass is 16.5. The van der Waals surface area contributed by atoms with Crippen LogP contribution in [-0.4, -0.2) is 67.8 Å². The molecule has 0 aromatic rings. The van der Waals surface area contributed by atoms with E-state index in [-0.39, 0.29) is 0 Å². The summed E-state index contributed by atoms with van der Waals surface area (Å²) in [6, 6.07) is 1.32. The fraction of sp³-hybridized carbons (Fsp3) is 1.00. The summed E-state index contributed by atoms with van der Waals surface area (Å²) in [5.74, 6) is 0. The number of ether oxygens (including phenoxy) is 1. The lowest BCUT2D eigenvalue weighted by molar-refractivity contribution is 0.0221. The van der Waals surface area contributed by atoms with Crippen molar-refractivity contribution >= 4 is 0 Å². The zero-order valence-electron chi connectivity index (χ0n) is 11.1. The molecule has 2 saturated heterocycles. The molecular weight excluding hydrogens is 214 g/mol. The Bertz CT molecular complexity index is 219. The highest BCUT2D eigenvalue weighted by Gasteiger charge is 2.26. The van der Waals surface area contributed by atoms with Crippen LogP contribution in [0.1, 0.15) is 26.2 Å². The van der Waals surface area contributed by atoms with E-state index in [0.29, 0.717) is 12.1 Å². The summed E-state index contributed by atoms with van der Waals surface area (Å²) in [5, 5.41) is 0. The van der Waals surface area contributed by atoms with Crippen LogP contribution in [0.5, 0.6) is 0 Å². The fourth-order valence-corrected chi connectivity index (χ4v) is 3.08. The van der Waals surface area contributed by atoms with Crippen LogP contribution in [0.4, 0.5) is 0 Å². The molecule has 2 N–H and O–H groups in total. The van der Waals surface area contributed by atoms with Crippen molar-refractivity contribution in [1.82, 2.24) is 9.80 Å². The van der Waals surface area contributed by atoms with Crippen LogP contribution in [0.2, 0.25) is 0 Å². The highest BCUT2D eigenvalue weighted by Crippen LogP contribution is 2.21. The average molecular weight is 241 g/mol. The molecule has 0 spiro atoms. The van der Waals surface area contributed by atoms with Gasteiger partial charge >= 0.3 is 0 Å². The maximum Gasteiger partial charge on any atom is 0.0594 e. The molecule has 0 saturated carbocycles. The summed E-state index contributed by atoms with van der Waals surface area (Å²) in [4.78, 5) is 5.14. The summed E-state index contributed by atoms with van der Waals surface area (Å²) >= 11 is 0. The molecule has 0 aliphatic carbocycles. The van der Waals surface area contributed by atoms with Crippen molar-refractivity contribution in [2.24, 2.45) is 5.73 Å².